The summed E-state index contributed by atoms with van der Waals surface area (Å²) in [5, 5.41) is 0. The van der Waals surface area contributed by atoms with Crippen LogP contribution in [0.1, 0.15) is 5.56 Å². The molecule has 0 unspecified atom stereocenters. The van der Waals surface area contributed by atoms with E-state index in [1.54, 1.807) is 6.07 Å². The summed E-state index contributed by atoms with van der Waals surface area (Å²) < 4.78 is 37.4. The number of hydrogen-bond acceptors (Lipinski definition) is 0. The normalized spacial score (nSPS) is 12.1. The van der Waals surface area contributed by atoms with Gasteiger partial charge in [0.15, 0.2) is 0 Å². The van der Waals surface area contributed by atoms with E-state index in [0.29, 0.717) is 10.2 Å². The fourth-order valence-corrected chi connectivity index (χ4v) is 1.10. The average molecular weight is 284 g/mol. The highest BCUT2D eigenvalue weighted by molar-refractivity contribution is 5.44. The van der Waals surface area contributed by atoms with E-state index in [1.165, 1.54) is 12.1 Å². The van der Waals surface area contributed by atoms with Gasteiger partial charge in [-0.2, -0.15) is 13.2 Å². The van der Waals surface area contributed by atoms with Crippen LogP contribution in [-0.2, 0) is 6.18 Å². The molecule has 1 aromatic rings. The third-order valence-corrected chi connectivity index (χ3v) is 1.95. The third kappa shape index (κ3) is 3.83. The second-order valence-corrected chi connectivity index (χ2v) is 4.06. The van der Waals surface area contributed by atoms with Crippen molar-refractivity contribution in [1.82, 2.24) is 4.48 Å². The maximum Gasteiger partial charge on any atom is 0.416 e. The smallest absolute Gasteiger partial charge is 0.416 e. The highest BCUT2D eigenvalue weighted by atomic mass is 79.9. The van der Waals surface area contributed by atoms with Crippen molar-refractivity contribution in [3.05, 3.63) is 29.8 Å². The van der Waals surface area contributed by atoms with Crippen molar-refractivity contribution in [2.75, 3.05) is 21.1 Å². The second-order valence-electron chi connectivity index (χ2n) is 4.06. The van der Waals surface area contributed by atoms with Crippen molar-refractivity contribution >= 4 is 5.69 Å². The molecule has 0 heterocycles. The summed E-state index contributed by atoms with van der Waals surface area (Å²) in [7, 11) is 5.49. The number of quaternary nitrogens is 1. The van der Waals surface area contributed by atoms with Crippen LogP contribution in [0.25, 0.3) is 0 Å². The van der Waals surface area contributed by atoms with E-state index in [1.807, 2.05) is 21.1 Å². The highest BCUT2D eigenvalue weighted by Crippen LogP contribution is 2.32. The van der Waals surface area contributed by atoms with E-state index < -0.39 is 11.7 Å². The summed E-state index contributed by atoms with van der Waals surface area (Å²) in [5.74, 6) is 0. The zero-order valence-electron chi connectivity index (χ0n) is 8.77. The van der Waals surface area contributed by atoms with Gasteiger partial charge in [0.1, 0.15) is 5.69 Å². The van der Waals surface area contributed by atoms with Gasteiger partial charge in [-0.3, -0.25) is 4.48 Å². The van der Waals surface area contributed by atoms with Crippen molar-refractivity contribution in [1.29, 1.82) is 0 Å². The summed E-state index contributed by atoms with van der Waals surface area (Å²) in [6.45, 7) is 0. The lowest BCUT2D eigenvalue weighted by Crippen LogP contribution is -3.00. The van der Waals surface area contributed by atoms with Gasteiger partial charge in [0.2, 0.25) is 0 Å². The Hall–Kier alpha value is -0.550. The molecule has 0 fully saturated rings. The quantitative estimate of drug-likeness (QED) is 0.632. The number of alkyl halides is 3. The van der Waals surface area contributed by atoms with Crippen LogP contribution in [0.5, 0.6) is 0 Å². The van der Waals surface area contributed by atoms with Gasteiger partial charge in [-0.25, -0.2) is 0 Å². The first kappa shape index (κ1) is 14.5. The van der Waals surface area contributed by atoms with E-state index in [0.717, 1.165) is 6.07 Å². The molecule has 0 atom stereocenters. The third-order valence-electron chi connectivity index (χ3n) is 1.95. The number of nitrogens with zero attached hydrogens (tertiary/aromatic N) is 1. The average Bonchev–Trinajstić information content (AvgIpc) is 2.01. The molecule has 1 nitrogen and oxygen atoms in total. The molecule has 0 aliphatic rings. The zero-order valence-corrected chi connectivity index (χ0v) is 10.4. The molecule has 0 saturated carbocycles. The molecule has 0 amide bonds. The molecule has 0 spiro atoms. The molecular formula is C10H13BrF3N. The number of rotatable bonds is 1. The molecule has 1 aromatic carbocycles. The van der Waals surface area contributed by atoms with Crippen molar-refractivity contribution in [3.8, 4) is 0 Å². The van der Waals surface area contributed by atoms with Crippen LogP contribution in [0.4, 0.5) is 18.9 Å². The molecule has 5 heteroatoms. The van der Waals surface area contributed by atoms with Crippen LogP contribution >= 0.6 is 0 Å². The van der Waals surface area contributed by atoms with Crippen LogP contribution in [-0.4, -0.2) is 21.1 Å². The Bertz CT molecular complexity index is 299. The lowest BCUT2D eigenvalue weighted by Gasteiger charge is -2.24. The van der Waals surface area contributed by atoms with Gasteiger partial charge in [-0.05, 0) is 12.1 Å². The van der Waals surface area contributed by atoms with E-state index in [9.17, 15) is 13.2 Å². The fourth-order valence-electron chi connectivity index (χ4n) is 1.10. The zero-order chi connectivity index (χ0) is 11.0. The summed E-state index contributed by atoms with van der Waals surface area (Å²) in [5.41, 5.74) is 0.0443. The minimum atomic E-state index is -4.26. The number of hydrogen-bond donors (Lipinski definition) is 0. The first-order chi connectivity index (χ1) is 6.21. The number of benzene rings is 1. The van der Waals surface area contributed by atoms with Crippen molar-refractivity contribution in [2.45, 2.75) is 6.18 Å². The maximum absolute atomic E-state index is 12.3. The van der Waals surface area contributed by atoms with Crippen molar-refractivity contribution in [3.63, 3.8) is 0 Å². The Morgan fingerprint density at radius 3 is 2.00 bits per heavy atom. The molecule has 1 rings (SSSR count). The summed E-state index contributed by atoms with van der Waals surface area (Å²) in [4.78, 5) is 0. The van der Waals surface area contributed by atoms with Gasteiger partial charge < -0.3 is 17.0 Å². The monoisotopic (exact) mass is 283 g/mol. The minimum absolute atomic E-state index is 0. The lowest BCUT2D eigenvalue weighted by atomic mass is 10.2. The Kier molecular flexibility index (Phi) is 4.36. The van der Waals surface area contributed by atoms with Gasteiger partial charge in [0, 0.05) is 6.07 Å². The first-order valence-corrected chi connectivity index (χ1v) is 4.20. The van der Waals surface area contributed by atoms with E-state index in [-0.39, 0.29) is 17.0 Å². The lowest BCUT2D eigenvalue weighted by molar-refractivity contribution is -0.137. The van der Waals surface area contributed by atoms with Gasteiger partial charge >= 0.3 is 6.18 Å². The topological polar surface area (TPSA) is 0 Å². The van der Waals surface area contributed by atoms with Crippen molar-refractivity contribution in [2.24, 2.45) is 0 Å². The molecule has 0 aliphatic heterocycles. The summed E-state index contributed by atoms with van der Waals surface area (Å²) >= 11 is 0. The summed E-state index contributed by atoms with van der Waals surface area (Å²) in [6.07, 6.45) is -4.26. The fraction of sp³-hybridized carbons (Fsp3) is 0.400. The SMILES string of the molecule is C[N+](C)(C)c1cccc(C(F)(F)F)c1.[Br-]. The highest BCUT2D eigenvalue weighted by Gasteiger charge is 2.31. The van der Waals surface area contributed by atoms with Crippen LogP contribution in [0.3, 0.4) is 0 Å². The van der Waals surface area contributed by atoms with Crippen molar-refractivity contribution < 1.29 is 30.2 Å². The standard InChI is InChI=1S/C10H13F3N.BrH/c1-14(2,3)9-6-4-5-8(7-9)10(11,12)13;/h4-7H,1-3H3;1H/q+1;/p-1. The Morgan fingerprint density at radius 2 is 1.60 bits per heavy atom. The van der Waals surface area contributed by atoms with Gasteiger partial charge in [0.25, 0.3) is 0 Å². The van der Waals surface area contributed by atoms with Gasteiger partial charge in [-0.1, -0.05) is 6.07 Å². The largest absolute Gasteiger partial charge is 1.00 e. The van der Waals surface area contributed by atoms with Gasteiger partial charge in [-0.15, -0.1) is 0 Å². The molecular weight excluding hydrogens is 271 g/mol. The second kappa shape index (κ2) is 4.53. The first-order valence-electron chi connectivity index (χ1n) is 4.20. The molecule has 0 aromatic heterocycles. The van der Waals surface area contributed by atoms with Gasteiger partial charge in [0.05, 0.1) is 26.7 Å². The molecule has 0 aliphatic carbocycles. The Morgan fingerprint density at radius 1 is 1.07 bits per heavy atom. The molecule has 0 radical (unpaired) electrons. The van der Waals surface area contributed by atoms with Crippen LogP contribution in [0, 0.1) is 0 Å². The predicted octanol–water partition coefficient (Wildman–Crippen LogP) is -0.0939. The summed E-state index contributed by atoms with van der Waals surface area (Å²) in [6, 6.07) is 5.38. The Labute approximate surface area is 97.9 Å². The molecule has 0 bridgehead atoms. The van der Waals surface area contributed by atoms with Crippen LogP contribution in [0.15, 0.2) is 24.3 Å². The van der Waals surface area contributed by atoms with Crippen LogP contribution in [0.2, 0.25) is 0 Å². The van der Waals surface area contributed by atoms with E-state index >= 15 is 0 Å². The maximum atomic E-state index is 12.3. The van der Waals surface area contributed by atoms with Crippen LogP contribution < -0.4 is 21.5 Å². The molecule has 15 heavy (non-hydrogen) atoms. The number of halogens is 4. The predicted molar refractivity (Wildman–Crippen MR) is 51.0 cm³/mol. The minimum Gasteiger partial charge on any atom is -1.00 e. The Balaban J connectivity index is 0.00000196. The molecule has 86 valence electrons. The van der Waals surface area contributed by atoms with E-state index in [4.69, 9.17) is 0 Å². The molecule has 0 N–H and O–H groups in total. The molecule has 0 saturated heterocycles. The van der Waals surface area contributed by atoms with E-state index in [2.05, 4.69) is 0 Å².